The zero-order valence-electron chi connectivity index (χ0n) is 7.79. The van der Waals surface area contributed by atoms with Crippen LogP contribution in [-0.4, -0.2) is 22.3 Å². The van der Waals surface area contributed by atoms with Gasteiger partial charge >= 0.3 is 0 Å². The predicted octanol–water partition coefficient (Wildman–Crippen LogP) is 1.24. The van der Waals surface area contributed by atoms with Crippen LogP contribution in [-0.2, 0) is 4.74 Å². The van der Waals surface area contributed by atoms with Crippen LogP contribution < -0.4 is 0 Å². The highest BCUT2D eigenvalue weighted by molar-refractivity contribution is 4.70. The van der Waals surface area contributed by atoms with Crippen molar-refractivity contribution in [2.45, 2.75) is 51.6 Å². The standard InChI is InChI=1S/C9H18O3/c1-9(2,11)12-8(10)7-5-3-4-6-7/h7-8,10-11H,3-6H2,1-2H3. The van der Waals surface area contributed by atoms with Crippen LogP contribution >= 0.6 is 0 Å². The van der Waals surface area contributed by atoms with Gasteiger partial charge in [0, 0.05) is 5.92 Å². The van der Waals surface area contributed by atoms with Gasteiger partial charge in [0.1, 0.15) is 0 Å². The Morgan fingerprint density at radius 2 is 1.83 bits per heavy atom. The van der Waals surface area contributed by atoms with Gasteiger partial charge in [-0.1, -0.05) is 12.8 Å². The molecule has 72 valence electrons. The fourth-order valence-corrected chi connectivity index (χ4v) is 1.63. The maximum Gasteiger partial charge on any atom is 0.162 e. The Morgan fingerprint density at radius 3 is 2.25 bits per heavy atom. The first kappa shape index (κ1) is 9.96. The van der Waals surface area contributed by atoms with E-state index in [2.05, 4.69) is 0 Å². The molecule has 0 aromatic rings. The highest BCUT2D eigenvalue weighted by Gasteiger charge is 2.28. The van der Waals surface area contributed by atoms with Gasteiger partial charge in [-0.05, 0) is 26.7 Å². The van der Waals surface area contributed by atoms with Gasteiger partial charge in [-0.25, -0.2) is 0 Å². The van der Waals surface area contributed by atoms with Gasteiger partial charge in [0.2, 0.25) is 0 Å². The summed E-state index contributed by atoms with van der Waals surface area (Å²) in [7, 11) is 0. The van der Waals surface area contributed by atoms with Crippen molar-refractivity contribution in [3.8, 4) is 0 Å². The summed E-state index contributed by atoms with van der Waals surface area (Å²) in [5.41, 5.74) is 0. The summed E-state index contributed by atoms with van der Waals surface area (Å²) >= 11 is 0. The molecule has 1 unspecified atom stereocenters. The molecule has 0 heterocycles. The van der Waals surface area contributed by atoms with Crippen LogP contribution in [0.25, 0.3) is 0 Å². The van der Waals surface area contributed by atoms with Crippen molar-refractivity contribution in [3.63, 3.8) is 0 Å². The second kappa shape index (κ2) is 3.73. The van der Waals surface area contributed by atoms with Crippen molar-refractivity contribution < 1.29 is 14.9 Å². The number of rotatable bonds is 3. The minimum absolute atomic E-state index is 0.219. The van der Waals surface area contributed by atoms with Gasteiger partial charge in [0.25, 0.3) is 0 Å². The van der Waals surface area contributed by atoms with E-state index >= 15 is 0 Å². The van der Waals surface area contributed by atoms with E-state index in [0.717, 1.165) is 25.7 Å². The van der Waals surface area contributed by atoms with Crippen LogP contribution in [0.15, 0.2) is 0 Å². The minimum Gasteiger partial charge on any atom is -0.368 e. The highest BCUT2D eigenvalue weighted by Crippen LogP contribution is 2.29. The van der Waals surface area contributed by atoms with Gasteiger partial charge in [0.15, 0.2) is 12.1 Å². The van der Waals surface area contributed by atoms with Crippen molar-refractivity contribution in [1.29, 1.82) is 0 Å². The van der Waals surface area contributed by atoms with Crippen LogP contribution in [0, 0.1) is 5.92 Å². The summed E-state index contributed by atoms with van der Waals surface area (Å²) in [5, 5.41) is 18.8. The highest BCUT2D eigenvalue weighted by atomic mass is 16.7. The van der Waals surface area contributed by atoms with E-state index in [1.807, 2.05) is 0 Å². The SMILES string of the molecule is CC(C)(O)OC(O)C1CCCC1. The van der Waals surface area contributed by atoms with Gasteiger partial charge in [-0.2, -0.15) is 0 Å². The lowest BCUT2D eigenvalue weighted by molar-refractivity contribution is -0.274. The Bertz CT molecular complexity index is 133. The van der Waals surface area contributed by atoms with E-state index in [4.69, 9.17) is 4.74 Å². The molecule has 0 aliphatic heterocycles. The molecule has 12 heavy (non-hydrogen) atoms. The fraction of sp³-hybridized carbons (Fsp3) is 1.00. The van der Waals surface area contributed by atoms with E-state index in [1.54, 1.807) is 0 Å². The quantitative estimate of drug-likeness (QED) is 0.633. The van der Waals surface area contributed by atoms with Gasteiger partial charge in [-0.3, -0.25) is 0 Å². The Kier molecular flexibility index (Phi) is 3.09. The molecule has 0 saturated heterocycles. The van der Waals surface area contributed by atoms with Crippen LogP contribution in [0.5, 0.6) is 0 Å². The van der Waals surface area contributed by atoms with Crippen molar-refractivity contribution in [2.75, 3.05) is 0 Å². The summed E-state index contributed by atoms with van der Waals surface area (Å²) in [6, 6.07) is 0. The topological polar surface area (TPSA) is 49.7 Å². The van der Waals surface area contributed by atoms with Crippen LogP contribution in [0.4, 0.5) is 0 Å². The molecule has 2 N–H and O–H groups in total. The second-order valence-corrected chi connectivity index (χ2v) is 4.00. The molecule has 1 aliphatic rings. The minimum atomic E-state index is -1.22. The molecule has 0 aromatic heterocycles. The Balaban J connectivity index is 2.31. The molecule has 3 nitrogen and oxygen atoms in total. The number of hydrogen-bond donors (Lipinski definition) is 2. The average Bonchev–Trinajstić information content (AvgIpc) is 2.32. The monoisotopic (exact) mass is 174 g/mol. The first-order valence-electron chi connectivity index (χ1n) is 4.57. The summed E-state index contributed by atoms with van der Waals surface area (Å²) in [6.45, 7) is 3.07. The van der Waals surface area contributed by atoms with Gasteiger partial charge in [0.05, 0.1) is 0 Å². The third-order valence-electron chi connectivity index (χ3n) is 2.21. The van der Waals surface area contributed by atoms with E-state index in [9.17, 15) is 10.2 Å². The summed E-state index contributed by atoms with van der Waals surface area (Å²) < 4.78 is 5.03. The Hall–Kier alpha value is -0.120. The Labute approximate surface area is 73.4 Å². The number of aliphatic hydroxyl groups excluding tert-OH is 1. The van der Waals surface area contributed by atoms with Crippen LogP contribution in [0.1, 0.15) is 39.5 Å². The molecule has 1 aliphatic carbocycles. The zero-order valence-corrected chi connectivity index (χ0v) is 7.79. The van der Waals surface area contributed by atoms with E-state index < -0.39 is 12.1 Å². The zero-order chi connectivity index (χ0) is 9.19. The molecule has 1 atom stereocenters. The van der Waals surface area contributed by atoms with Crippen molar-refractivity contribution in [1.82, 2.24) is 0 Å². The molecular weight excluding hydrogens is 156 g/mol. The van der Waals surface area contributed by atoms with Crippen LogP contribution in [0.2, 0.25) is 0 Å². The second-order valence-electron chi connectivity index (χ2n) is 4.00. The normalized spacial score (nSPS) is 23.0. The summed E-state index contributed by atoms with van der Waals surface area (Å²) in [5.74, 6) is -1.00. The van der Waals surface area contributed by atoms with Gasteiger partial charge < -0.3 is 14.9 Å². The molecule has 0 radical (unpaired) electrons. The third kappa shape index (κ3) is 3.09. The van der Waals surface area contributed by atoms with Crippen LogP contribution in [0.3, 0.4) is 0 Å². The van der Waals surface area contributed by atoms with E-state index in [1.165, 1.54) is 13.8 Å². The molecule has 3 heteroatoms. The average molecular weight is 174 g/mol. The van der Waals surface area contributed by atoms with Crippen molar-refractivity contribution in [2.24, 2.45) is 5.92 Å². The Morgan fingerprint density at radius 1 is 1.33 bits per heavy atom. The maximum absolute atomic E-state index is 9.50. The summed E-state index contributed by atoms with van der Waals surface area (Å²) in [4.78, 5) is 0. The van der Waals surface area contributed by atoms with E-state index in [0.29, 0.717) is 0 Å². The first-order chi connectivity index (χ1) is 5.49. The van der Waals surface area contributed by atoms with E-state index in [-0.39, 0.29) is 5.92 Å². The smallest absolute Gasteiger partial charge is 0.162 e. The molecular formula is C9H18O3. The van der Waals surface area contributed by atoms with Crippen molar-refractivity contribution in [3.05, 3.63) is 0 Å². The fourth-order valence-electron chi connectivity index (χ4n) is 1.63. The number of hydrogen-bond acceptors (Lipinski definition) is 3. The lowest BCUT2D eigenvalue weighted by Gasteiger charge is -2.26. The largest absolute Gasteiger partial charge is 0.368 e. The summed E-state index contributed by atoms with van der Waals surface area (Å²) in [6.07, 6.45) is 3.55. The predicted molar refractivity (Wildman–Crippen MR) is 45.3 cm³/mol. The number of aliphatic hydroxyl groups is 2. The van der Waals surface area contributed by atoms with Crippen molar-refractivity contribution >= 4 is 0 Å². The molecule has 1 rings (SSSR count). The molecule has 0 aromatic carbocycles. The van der Waals surface area contributed by atoms with Gasteiger partial charge in [-0.15, -0.1) is 0 Å². The molecule has 1 fully saturated rings. The molecule has 0 amide bonds. The lowest BCUT2D eigenvalue weighted by atomic mass is 10.1. The third-order valence-corrected chi connectivity index (χ3v) is 2.21. The number of ether oxygens (including phenoxy) is 1. The first-order valence-corrected chi connectivity index (χ1v) is 4.57. The lowest BCUT2D eigenvalue weighted by Crippen LogP contribution is -2.33. The molecule has 1 saturated carbocycles. The molecule has 0 spiro atoms. The molecule has 0 bridgehead atoms. The maximum atomic E-state index is 9.50.